The number of nitrogens with zero attached hydrogens (tertiary/aromatic N) is 2. The van der Waals surface area contributed by atoms with Gasteiger partial charge in [0, 0.05) is 23.6 Å². The van der Waals surface area contributed by atoms with E-state index in [1.54, 1.807) is 44.2 Å². The normalized spacial score (nSPS) is 11.6. The van der Waals surface area contributed by atoms with E-state index in [0.29, 0.717) is 11.4 Å². The molecule has 4 N–H and O–H groups in total. The molecule has 1 heterocycles. The number of aliphatic hydroxyl groups excluding tert-OH is 1. The Morgan fingerprint density at radius 3 is 2.35 bits per heavy atom. The summed E-state index contributed by atoms with van der Waals surface area (Å²) in [5.74, 6) is 0.958. The van der Waals surface area contributed by atoms with Crippen molar-refractivity contribution in [3.63, 3.8) is 0 Å². The summed E-state index contributed by atoms with van der Waals surface area (Å²) in [7, 11) is 0. The quantitative estimate of drug-likeness (QED) is 0.331. The second-order valence-electron chi connectivity index (χ2n) is 7.78. The van der Waals surface area contributed by atoms with Crippen molar-refractivity contribution in [1.29, 1.82) is 0 Å². The third-order valence-corrected chi connectivity index (χ3v) is 4.67. The number of amides is 2. The Morgan fingerprint density at radius 1 is 1.06 bits per heavy atom. The van der Waals surface area contributed by atoms with E-state index in [9.17, 15) is 23.1 Å². The third kappa shape index (κ3) is 6.96. The fourth-order valence-corrected chi connectivity index (χ4v) is 2.87. The number of hydrogen-bond donors (Lipinski definition) is 4. The molecule has 12 heteroatoms. The molecular formula is C22H21ClF3N5O3. The molecule has 3 rings (SSSR count). The van der Waals surface area contributed by atoms with Crippen LogP contribution in [0.1, 0.15) is 19.4 Å². The molecule has 180 valence electrons. The predicted molar refractivity (Wildman–Crippen MR) is 122 cm³/mol. The van der Waals surface area contributed by atoms with Crippen LogP contribution in [0.25, 0.3) is 0 Å². The van der Waals surface area contributed by atoms with E-state index < -0.39 is 28.3 Å². The van der Waals surface area contributed by atoms with Crippen LogP contribution in [0.4, 0.5) is 35.3 Å². The van der Waals surface area contributed by atoms with Gasteiger partial charge < -0.3 is 25.8 Å². The van der Waals surface area contributed by atoms with E-state index in [1.165, 1.54) is 12.3 Å². The number of carbonyl (C=O) groups excluding carboxylic acids is 1. The van der Waals surface area contributed by atoms with E-state index in [2.05, 4.69) is 25.9 Å². The Hall–Kier alpha value is -3.57. The van der Waals surface area contributed by atoms with Crippen molar-refractivity contribution in [2.75, 3.05) is 22.6 Å². The van der Waals surface area contributed by atoms with Crippen molar-refractivity contribution in [2.45, 2.75) is 25.6 Å². The maximum atomic E-state index is 13.0. The lowest BCUT2D eigenvalue weighted by Crippen LogP contribution is -2.35. The second-order valence-corrected chi connectivity index (χ2v) is 8.19. The maximum Gasteiger partial charge on any atom is 0.417 e. The van der Waals surface area contributed by atoms with E-state index in [4.69, 9.17) is 16.3 Å². The van der Waals surface area contributed by atoms with Crippen molar-refractivity contribution >= 4 is 35.0 Å². The van der Waals surface area contributed by atoms with Gasteiger partial charge in [0.05, 0.1) is 22.7 Å². The van der Waals surface area contributed by atoms with Crippen LogP contribution in [-0.4, -0.2) is 33.3 Å². The number of aromatic nitrogens is 2. The highest BCUT2D eigenvalue weighted by atomic mass is 35.5. The number of anilines is 3. The minimum Gasteiger partial charge on any atom is -0.439 e. The van der Waals surface area contributed by atoms with Gasteiger partial charge in [0.25, 0.3) is 0 Å². The number of hydrogen-bond acceptors (Lipinski definition) is 6. The van der Waals surface area contributed by atoms with Crippen LogP contribution in [0.15, 0.2) is 54.7 Å². The second kappa shape index (κ2) is 10.1. The summed E-state index contributed by atoms with van der Waals surface area (Å²) in [6.45, 7) is 3.45. The van der Waals surface area contributed by atoms with Gasteiger partial charge in [-0.3, -0.25) is 0 Å². The molecule has 8 nitrogen and oxygen atoms in total. The van der Waals surface area contributed by atoms with Gasteiger partial charge in [0.2, 0.25) is 11.8 Å². The molecule has 3 aromatic rings. The topological polar surface area (TPSA) is 108 Å². The predicted octanol–water partition coefficient (Wildman–Crippen LogP) is 5.77. The molecule has 0 bridgehead atoms. The maximum absolute atomic E-state index is 13.0. The van der Waals surface area contributed by atoms with Crippen LogP contribution in [-0.2, 0) is 6.18 Å². The number of aliphatic hydroxyl groups is 1. The molecule has 2 amide bonds. The smallest absolute Gasteiger partial charge is 0.417 e. The Balaban J connectivity index is 1.61. The first-order valence-corrected chi connectivity index (χ1v) is 10.3. The van der Waals surface area contributed by atoms with Gasteiger partial charge >= 0.3 is 12.2 Å². The molecule has 0 saturated carbocycles. The van der Waals surface area contributed by atoms with Gasteiger partial charge in [0.1, 0.15) is 5.75 Å². The first-order valence-electron chi connectivity index (χ1n) is 9.90. The van der Waals surface area contributed by atoms with Crippen LogP contribution >= 0.6 is 11.6 Å². The molecule has 0 aliphatic carbocycles. The highest BCUT2D eigenvalue weighted by molar-refractivity contribution is 6.31. The zero-order valence-electron chi connectivity index (χ0n) is 18.1. The lowest BCUT2D eigenvalue weighted by molar-refractivity contribution is -0.137. The van der Waals surface area contributed by atoms with Crippen molar-refractivity contribution in [3.8, 4) is 11.6 Å². The molecule has 1 aromatic heterocycles. The van der Waals surface area contributed by atoms with Crippen molar-refractivity contribution in [2.24, 2.45) is 0 Å². The Morgan fingerprint density at radius 2 is 1.71 bits per heavy atom. The standard InChI is InChI=1S/C22H21ClF3N5O3/c1-21(2,12-32)31-19-27-10-9-18(30-19)34-15-6-3-13(4-7-15)28-20(33)29-14-5-8-17(23)16(11-14)22(24,25)26/h3-11,32H,12H2,1-2H3,(H,27,30,31)(H2,28,29,33). The van der Waals surface area contributed by atoms with Crippen molar-refractivity contribution in [1.82, 2.24) is 9.97 Å². The average molecular weight is 496 g/mol. The molecule has 0 aliphatic heterocycles. The van der Waals surface area contributed by atoms with Gasteiger partial charge in [0.15, 0.2) is 0 Å². The molecule has 0 fully saturated rings. The Labute approximate surface area is 198 Å². The van der Waals surface area contributed by atoms with Gasteiger partial charge in [-0.2, -0.15) is 18.2 Å². The van der Waals surface area contributed by atoms with Crippen LogP contribution in [0.5, 0.6) is 11.6 Å². The summed E-state index contributed by atoms with van der Waals surface area (Å²) in [4.78, 5) is 20.5. The fraction of sp³-hybridized carbons (Fsp3) is 0.227. The van der Waals surface area contributed by atoms with E-state index in [1.807, 2.05) is 0 Å². The monoisotopic (exact) mass is 495 g/mol. The van der Waals surface area contributed by atoms with Gasteiger partial charge in [-0.15, -0.1) is 0 Å². The average Bonchev–Trinajstić information content (AvgIpc) is 2.75. The van der Waals surface area contributed by atoms with Crippen LogP contribution in [0, 0.1) is 0 Å². The molecule has 0 radical (unpaired) electrons. The minimum absolute atomic E-state index is 0.0632. The SMILES string of the molecule is CC(C)(CO)Nc1nccc(Oc2ccc(NC(=O)Nc3ccc(Cl)c(C(F)(F)F)c3)cc2)n1. The summed E-state index contributed by atoms with van der Waals surface area (Å²) in [5.41, 5.74) is -1.35. The summed E-state index contributed by atoms with van der Waals surface area (Å²) >= 11 is 5.58. The van der Waals surface area contributed by atoms with E-state index in [0.717, 1.165) is 12.1 Å². The van der Waals surface area contributed by atoms with Gasteiger partial charge in [-0.1, -0.05) is 11.6 Å². The lowest BCUT2D eigenvalue weighted by atomic mass is 10.1. The number of ether oxygens (including phenoxy) is 1. The largest absolute Gasteiger partial charge is 0.439 e. The number of halogens is 4. The summed E-state index contributed by atoms with van der Waals surface area (Å²) in [5, 5.41) is 16.7. The number of carbonyl (C=O) groups is 1. The highest BCUT2D eigenvalue weighted by Gasteiger charge is 2.33. The van der Waals surface area contributed by atoms with Crippen molar-refractivity contribution < 1.29 is 27.8 Å². The molecule has 0 unspecified atom stereocenters. The highest BCUT2D eigenvalue weighted by Crippen LogP contribution is 2.36. The molecule has 34 heavy (non-hydrogen) atoms. The number of rotatable bonds is 7. The van der Waals surface area contributed by atoms with Crippen LogP contribution in [0.2, 0.25) is 5.02 Å². The zero-order chi connectivity index (χ0) is 24.9. The molecule has 0 atom stereocenters. The molecular weight excluding hydrogens is 475 g/mol. The number of alkyl halides is 3. The summed E-state index contributed by atoms with van der Waals surface area (Å²) < 4.78 is 44.6. The van der Waals surface area contributed by atoms with Gasteiger partial charge in [-0.25, -0.2) is 9.78 Å². The fourth-order valence-electron chi connectivity index (χ4n) is 2.64. The minimum atomic E-state index is -4.64. The lowest BCUT2D eigenvalue weighted by Gasteiger charge is -2.23. The third-order valence-electron chi connectivity index (χ3n) is 4.34. The number of benzene rings is 2. The molecule has 0 aliphatic rings. The van der Waals surface area contributed by atoms with E-state index in [-0.39, 0.29) is 24.1 Å². The Bertz CT molecular complexity index is 1160. The summed E-state index contributed by atoms with van der Waals surface area (Å²) in [6, 6.07) is 10.1. The van der Waals surface area contributed by atoms with Crippen LogP contribution in [0.3, 0.4) is 0 Å². The summed E-state index contributed by atoms with van der Waals surface area (Å²) in [6.07, 6.45) is -3.14. The molecule has 2 aromatic carbocycles. The van der Waals surface area contributed by atoms with Crippen molar-refractivity contribution in [3.05, 3.63) is 65.3 Å². The molecule has 0 saturated heterocycles. The number of urea groups is 1. The van der Waals surface area contributed by atoms with Crippen LogP contribution < -0.4 is 20.7 Å². The van der Waals surface area contributed by atoms with E-state index >= 15 is 0 Å². The molecule has 0 spiro atoms. The zero-order valence-corrected chi connectivity index (χ0v) is 18.8. The number of nitrogens with one attached hydrogen (secondary N) is 3. The Kier molecular flexibility index (Phi) is 7.48. The van der Waals surface area contributed by atoms with Gasteiger partial charge in [-0.05, 0) is 56.3 Å². The first kappa shape index (κ1) is 25.1. The first-order chi connectivity index (χ1) is 15.9.